The summed E-state index contributed by atoms with van der Waals surface area (Å²) in [5.41, 5.74) is 1.93. The van der Waals surface area contributed by atoms with Gasteiger partial charge in [-0.2, -0.15) is 0 Å². The normalized spacial score (nSPS) is 28.6. The van der Waals surface area contributed by atoms with Gasteiger partial charge in [0.1, 0.15) is 17.1 Å². The molecule has 5 rings (SSSR count). The van der Waals surface area contributed by atoms with E-state index in [1.165, 1.54) is 5.56 Å². The second-order valence-electron chi connectivity index (χ2n) is 9.75. The predicted molar refractivity (Wildman–Crippen MR) is 120 cm³/mol. The van der Waals surface area contributed by atoms with Crippen molar-refractivity contribution in [1.82, 2.24) is 4.90 Å². The van der Waals surface area contributed by atoms with E-state index in [0.29, 0.717) is 17.6 Å². The highest BCUT2D eigenvalue weighted by Crippen LogP contribution is 2.52. The van der Waals surface area contributed by atoms with Crippen molar-refractivity contribution in [3.8, 4) is 11.5 Å². The molecule has 0 aromatic heterocycles. The number of para-hydroxylation sites is 2. The summed E-state index contributed by atoms with van der Waals surface area (Å²) >= 11 is 0. The summed E-state index contributed by atoms with van der Waals surface area (Å²) in [6, 6.07) is 16.0. The van der Waals surface area contributed by atoms with Crippen molar-refractivity contribution in [2.24, 2.45) is 11.8 Å². The van der Waals surface area contributed by atoms with Crippen LogP contribution in [0.15, 0.2) is 48.5 Å². The summed E-state index contributed by atoms with van der Waals surface area (Å²) in [5, 5.41) is 8.96. The fourth-order valence-electron chi connectivity index (χ4n) is 5.63. The van der Waals surface area contributed by atoms with Crippen LogP contribution >= 0.6 is 0 Å². The van der Waals surface area contributed by atoms with Gasteiger partial charge < -0.3 is 19.3 Å². The lowest BCUT2D eigenvalue weighted by atomic mass is 9.70. The number of carbonyl (C=O) groups is 1. The maximum Gasteiger partial charge on any atom is 0.341 e. The van der Waals surface area contributed by atoms with Gasteiger partial charge in [0.05, 0.1) is 12.2 Å². The number of likely N-dealkylation sites (tertiary alicyclic amines) is 1. The molecule has 4 atom stereocenters. The van der Waals surface area contributed by atoms with Gasteiger partial charge in [-0.1, -0.05) is 36.4 Å². The lowest BCUT2D eigenvalue weighted by molar-refractivity contribution is -0.187. The first kappa shape index (κ1) is 21.3. The van der Waals surface area contributed by atoms with E-state index in [1.54, 1.807) is 0 Å². The maximum atomic E-state index is 10.9. The van der Waals surface area contributed by atoms with E-state index in [-0.39, 0.29) is 24.4 Å². The lowest BCUT2D eigenvalue weighted by Crippen LogP contribution is -2.55. The van der Waals surface area contributed by atoms with Crippen LogP contribution in [0, 0.1) is 11.8 Å². The second kappa shape index (κ2) is 8.41. The van der Waals surface area contributed by atoms with Crippen LogP contribution in [0.1, 0.15) is 43.9 Å². The van der Waals surface area contributed by atoms with Gasteiger partial charge in [-0.25, -0.2) is 4.79 Å². The Bertz CT molecular complexity index is 990. The van der Waals surface area contributed by atoms with Gasteiger partial charge in [-0.05, 0) is 44.7 Å². The molecule has 0 radical (unpaired) electrons. The zero-order valence-corrected chi connectivity index (χ0v) is 18.7. The summed E-state index contributed by atoms with van der Waals surface area (Å²) in [6.07, 6.45) is 2.42. The monoisotopic (exact) mass is 437 g/mol. The summed E-state index contributed by atoms with van der Waals surface area (Å²) < 4.78 is 18.7. The number of fused-ring (bicyclic) bond motifs is 4. The number of piperidine rings is 1. The van der Waals surface area contributed by atoms with Crippen LogP contribution < -0.4 is 9.47 Å². The van der Waals surface area contributed by atoms with Crippen LogP contribution in [0.5, 0.6) is 11.5 Å². The number of carboxylic acid groups (broad SMARTS) is 1. The lowest BCUT2D eigenvalue weighted by Gasteiger charge is -2.53. The molecular formula is C26H31NO5. The van der Waals surface area contributed by atoms with Crippen LogP contribution in [0.25, 0.3) is 0 Å². The largest absolute Gasteiger partial charge is 0.487 e. The molecule has 170 valence electrons. The zero-order valence-electron chi connectivity index (χ0n) is 18.7. The molecule has 2 saturated heterocycles. The number of ether oxygens (including phenoxy) is 3. The standard InChI is InChI=1S/C26H31NO5/c1-26(2)20-13-18-15-27(14-17-7-3-5-9-21(17)30-16-24(28)29)12-11-22(18)31-25(20)19-8-4-6-10-23(19)32-26/h3-10,18,20,22,25H,11-16H2,1-2H3,(H,28,29)/t18-,20+,22+,25-/m1/s1. The van der Waals surface area contributed by atoms with Crippen LogP contribution in [0.3, 0.4) is 0 Å². The van der Waals surface area contributed by atoms with Crippen LogP contribution in [0.4, 0.5) is 0 Å². The maximum absolute atomic E-state index is 10.9. The Morgan fingerprint density at radius 1 is 1.19 bits per heavy atom. The SMILES string of the molecule is CC1(C)Oc2ccccc2[C@H]2O[C@H]3CCN(Cc4ccccc4OCC(=O)O)C[C@H]3C[C@@H]21. The Balaban J connectivity index is 1.30. The first-order valence-electron chi connectivity index (χ1n) is 11.5. The van der Waals surface area contributed by atoms with Gasteiger partial charge in [0.25, 0.3) is 0 Å². The third-order valence-electron chi connectivity index (χ3n) is 7.20. The number of hydrogen-bond acceptors (Lipinski definition) is 5. The topological polar surface area (TPSA) is 68.2 Å². The van der Waals surface area contributed by atoms with Crippen LogP contribution in [-0.4, -0.2) is 47.4 Å². The Kier molecular flexibility index (Phi) is 5.59. The van der Waals surface area contributed by atoms with Crippen molar-refractivity contribution in [2.45, 2.75) is 51.0 Å². The molecule has 0 bridgehead atoms. The fourth-order valence-corrected chi connectivity index (χ4v) is 5.63. The number of nitrogens with zero attached hydrogens (tertiary/aromatic N) is 1. The highest BCUT2D eigenvalue weighted by Gasteiger charge is 2.51. The van der Waals surface area contributed by atoms with Gasteiger partial charge in [0.15, 0.2) is 6.61 Å². The van der Waals surface area contributed by atoms with E-state index in [0.717, 1.165) is 43.8 Å². The third kappa shape index (κ3) is 4.09. The summed E-state index contributed by atoms with van der Waals surface area (Å²) in [6.45, 7) is 6.69. The molecule has 0 amide bonds. The van der Waals surface area contributed by atoms with E-state index < -0.39 is 5.97 Å². The van der Waals surface area contributed by atoms with E-state index in [1.807, 2.05) is 30.3 Å². The summed E-state index contributed by atoms with van der Waals surface area (Å²) in [4.78, 5) is 13.4. The molecule has 3 aliphatic heterocycles. The average molecular weight is 438 g/mol. The van der Waals surface area contributed by atoms with E-state index in [9.17, 15) is 4.79 Å². The minimum Gasteiger partial charge on any atom is -0.487 e. The minimum atomic E-state index is -0.964. The highest BCUT2D eigenvalue weighted by atomic mass is 16.5. The molecule has 2 fully saturated rings. The van der Waals surface area contributed by atoms with Crippen molar-refractivity contribution < 1.29 is 24.1 Å². The van der Waals surface area contributed by atoms with Gasteiger partial charge in [-0.3, -0.25) is 4.90 Å². The van der Waals surface area contributed by atoms with E-state index in [2.05, 4.69) is 36.9 Å². The number of aliphatic carboxylic acids is 1. The van der Waals surface area contributed by atoms with Crippen molar-refractivity contribution in [3.05, 3.63) is 59.7 Å². The molecule has 1 N–H and O–H groups in total. The second-order valence-corrected chi connectivity index (χ2v) is 9.75. The molecule has 3 heterocycles. The number of benzene rings is 2. The quantitative estimate of drug-likeness (QED) is 0.753. The number of hydrogen-bond donors (Lipinski definition) is 1. The molecule has 0 saturated carbocycles. The van der Waals surface area contributed by atoms with Gasteiger partial charge >= 0.3 is 5.97 Å². The van der Waals surface area contributed by atoms with Crippen molar-refractivity contribution >= 4 is 5.97 Å². The Labute approximate surface area is 189 Å². The first-order chi connectivity index (χ1) is 15.4. The molecule has 32 heavy (non-hydrogen) atoms. The zero-order chi connectivity index (χ0) is 22.3. The van der Waals surface area contributed by atoms with E-state index in [4.69, 9.17) is 19.3 Å². The van der Waals surface area contributed by atoms with Crippen molar-refractivity contribution in [2.75, 3.05) is 19.7 Å². The Morgan fingerprint density at radius 2 is 1.97 bits per heavy atom. The molecule has 6 nitrogen and oxygen atoms in total. The molecule has 6 heteroatoms. The van der Waals surface area contributed by atoms with Gasteiger partial charge in [0.2, 0.25) is 0 Å². The summed E-state index contributed by atoms with van der Waals surface area (Å²) in [5.74, 6) is 1.39. The van der Waals surface area contributed by atoms with Crippen LogP contribution in [0.2, 0.25) is 0 Å². The molecule has 0 spiro atoms. The van der Waals surface area contributed by atoms with Gasteiger partial charge in [-0.15, -0.1) is 0 Å². The number of carboxylic acids is 1. The molecule has 2 aromatic rings. The molecular weight excluding hydrogens is 406 g/mol. The predicted octanol–water partition coefficient (Wildman–Crippen LogP) is 4.29. The first-order valence-corrected chi connectivity index (χ1v) is 11.5. The average Bonchev–Trinajstić information content (AvgIpc) is 2.77. The van der Waals surface area contributed by atoms with E-state index >= 15 is 0 Å². The highest BCUT2D eigenvalue weighted by molar-refractivity contribution is 5.68. The van der Waals surface area contributed by atoms with Crippen molar-refractivity contribution in [3.63, 3.8) is 0 Å². The third-order valence-corrected chi connectivity index (χ3v) is 7.20. The fraction of sp³-hybridized carbons (Fsp3) is 0.500. The van der Waals surface area contributed by atoms with Crippen LogP contribution in [-0.2, 0) is 16.1 Å². The smallest absolute Gasteiger partial charge is 0.341 e. The summed E-state index contributed by atoms with van der Waals surface area (Å²) in [7, 11) is 0. The Morgan fingerprint density at radius 3 is 2.81 bits per heavy atom. The number of rotatable bonds is 5. The Hall–Kier alpha value is -2.57. The molecule has 0 aliphatic carbocycles. The van der Waals surface area contributed by atoms with Crippen molar-refractivity contribution in [1.29, 1.82) is 0 Å². The molecule has 0 unspecified atom stereocenters. The molecule has 2 aromatic carbocycles. The molecule has 3 aliphatic rings. The minimum absolute atomic E-state index is 0.0906. The van der Waals surface area contributed by atoms with Gasteiger partial charge in [0, 0.05) is 36.7 Å².